The Kier molecular flexibility index (Phi) is 16.4. The second-order valence-corrected chi connectivity index (χ2v) is 12.0. The first-order chi connectivity index (χ1) is 22.7. The van der Waals surface area contributed by atoms with Gasteiger partial charge in [0.25, 0.3) is 0 Å². The highest BCUT2D eigenvalue weighted by Gasteiger charge is 2.42. The molecule has 0 saturated heterocycles. The highest BCUT2D eigenvalue weighted by molar-refractivity contribution is 5.91. The van der Waals surface area contributed by atoms with Gasteiger partial charge in [-0.15, -0.1) is 0 Å². The molecule has 5 nitrogen and oxygen atoms in total. The number of carbonyl (C=O) groups excluding carboxylic acids is 2. The van der Waals surface area contributed by atoms with Crippen LogP contribution in [-0.4, -0.2) is 31.3 Å². The molecule has 8 heteroatoms. The lowest BCUT2D eigenvalue weighted by Gasteiger charge is -2.20. The van der Waals surface area contributed by atoms with E-state index in [1.54, 1.807) is 12.1 Å². The van der Waals surface area contributed by atoms with Gasteiger partial charge in [0.1, 0.15) is 11.5 Å². The lowest BCUT2D eigenvalue weighted by atomic mass is 9.95. The van der Waals surface area contributed by atoms with E-state index in [0.29, 0.717) is 18.6 Å². The van der Waals surface area contributed by atoms with Gasteiger partial charge in [-0.1, -0.05) is 114 Å². The van der Waals surface area contributed by atoms with Crippen molar-refractivity contribution in [3.63, 3.8) is 0 Å². The van der Waals surface area contributed by atoms with E-state index in [2.05, 4.69) is 6.92 Å². The Morgan fingerprint density at radius 1 is 0.617 bits per heavy atom. The van der Waals surface area contributed by atoms with Crippen LogP contribution in [0.5, 0.6) is 11.5 Å². The maximum Gasteiger partial charge on any atom is 0.396 e. The molecule has 0 spiro atoms. The second-order valence-electron chi connectivity index (χ2n) is 12.0. The predicted molar refractivity (Wildman–Crippen MR) is 180 cm³/mol. The smallest absolute Gasteiger partial charge is 0.396 e. The number of rotatable bonds is 21. The van der Waals surface area contributed by atoms with Crippen molar-refractivity contribution in [1.82, 2.24) is 0 Å². The van der Waals surface area contributed by atoms with E-state index >= 15 is 0 Å². The molecule has 47 heavy (non-hydrogen) atoms. The van der Waals surface area contributed by atoms with Gasteiger partial charge in [0.2, 0.25) is 0 Å². The molecule has 1 unspecified atom stereocenters. The minimum absolute atomic E-state index is 0.102. The number of ether oxygens (including phenoxy) is 3. The molecule has 0 N–H and O–H groups in total. The third kappa shape index (κ3) is 13.8. The van der Waals surface area contributed by atoms with Crippen molar-refractivity contribution in [2.75, 3.05) is 13.2 Å². The SMILES string of the molecule is CCCCCCCCCCOc1ccc(-c2ccc(C(=O)Oc3ccc(C(CC(=O)OCCCCCC)C(F)(F)F)cc3)cc2)cc1. The van der Waals surface area contributed by atoms with Crippen LogP contribution in [0.15, 0.2) is 72.8 Å². The van der Waals surface area contributed by atoms with Gasteiger partial charge in [-0.2, -0.15) is 13.2 Å². The molecule has 0 aliphatic rings. The minimum atomic E-state index is -4.64. The first-order valence-corrected chi connectivity index (χ1v) is 17.1. The fourth-order valence-corrected chi connectivity index (χ4v) is 5.27. The number of hydrogen-bond acceptors (Lipinski definition) is 5. The lowest BCUT2D eigenvalue weighted by Crippen LogP contribution is -2.24. The topological polar surface area (TPSA) is 61.8 Å². The summed E-state index contributed by atoms with van der Waals surface area (Å²) in [7, 11) is 0. The zero-order valence-electron chi connectivity index (χ0n) is 27.8. The van der Waals surface area contributed by atoms with Gasteiger partial charge in [0, 0.05) is 0 Å². The molecule has 0 aliphatic carbocycles. The van der Waals surface area contributed by atoms with E-state index in [4.69, 9.17) is 14.2 Å². The highest BCUT2D eigenvalue weighted by Crippen LogP contribution is 2.38. The monoisotopic (exact) mass is 654 g/mol. The van der Waals surface area contributed by atoms with E-state index in [1.807, 2.05) is 43.3 Å². The van der Waals surface area contributed by atoms with Crippen LogP contribution in [0.2, 0.25) is 0 Å². The standard InChI is InChI=1S/C39H49F3O5/c1-3-5-7-9-10-11-12-14-27-45-34-23-19-31(20-24-34)30-15-17-33(18-16-30)38(44)47-35-25-21-32(22-26-35)36(39(40,41)42)29-37(43)46-28-13-8-6-4-2/h15-26,36H,3-14,27-29H2,1-2H3. The summed E-state index contributed by atoms with van der Waals surface area (Å²) < 4.78 is 57.7. The quantitative estimate of drug-likeness (QED) is 0.0650. The molecular formula is C39H49F3O5. The molecule has 256 valence electrons. The zero-order chi connectivity index (χ0) is 33.9. The Labute approximate surface area is 277 Å². The lowest BCUT2D eigenvalue weighted by molar-refractivity contribution is -0.166. The molecule has 3 rings (SSSR count). The van der Waals surface area contributed by atoms with Gasteiger partial charge in [-0.05, 0) is 65.9 Å². The summed E-state index contributed by atoms with van der Waals surface area (Å²) in [6.45, 7) is 5.08. The Hall–Kier alpha value is -3.81. The Morgan fingerprint density at radius 2 is 1.11 bits per heavy atom. The van der Waals surface area contributed by atoms with Crippen molar-refractivity contribution >= 4 is 11.9 Å². The molecule has 0 fully saturated rings. The summed E-state index contributed by atoms with van der Waals surface area (Å²) in [5.41, 5.74) is 2.09. The molecule has 0 aromatic heterocycles. The van der Waals surface area contributed by atoms with Crippen molar-refractivity contribution in [2.45, 2.75) is 109 Å². The van der Waals surface area contributed by atoms with Gasteiger partial charge in [-0.3, -0.25) is 4.79 Å². The van der Waals surface area contributed by atoms with Gasteiger partial charge in [-0.25, -0.2) is 4.79 Å². The molecule has 3 aromatic carbocycles. The second kappa shape index (κ2) is 20.4. The van der Waals surface area contributed by atoms with E-state index < -0.39 is 30.5 Å². The molecule has 3 aromatic rings. The van der Waals surface area contributed by atoms with Crippen LogP contribution in [-0.2, 0) is 9.53 Å². The average Bonchev–Trinajstić information content (AvgIpc) is 3.06. The van der Waals surface area contributed by atoms with Crippen LogP contribution in [0.4, 0.5) is 13.2 Å². The van der Waals surface area contributed by atoms with Crippen LogP contribution in [0, 0.1) is 0 Å². The maximum atomic E-state index is 13.8. The fourth-order valence-electron chi connectivity index (χ4n) is 5.27. The van der Waals surface area contributed by atoms with Crippen LogP contribution in [0.3, 0.4) is 0 Å². The van der Waals surface area contributed by atoms with Crippen molar-refractivity contribution in [3.05, 3.63) is 83.9 Å². The van der Waals surface area contributed by atoms with E-state index in [1.165, 1.54) is 69.2 Å². The third-order valence-corrected chi connectivity index (χ3v) is 8.09. The molecule has 0 aliphatic heterocycles. The number of unbranched alkanes of at least 4 members (excludes halogenated alkanes) is 10. The van der Waals surface area contributed by atoms with Crippen molar-refractivity contribution in [3.8, 4) is 22.6 Å². The molecule has 0 radical (unpaired) electrons. The summed E-state index contributed by atoms with van der Waals surface area (Å²) in [6, 6.07) is 19.8. The van der Waals surface area contributed by atoms with Gasteiger partial charge in [0.05, 0.1) is 31.1 Å². The largest absolute Gasteiger partial charge is 0.494 e. The number of alkyl halides is 3. The molecular weight excluding hydrogens is 605 g/mol. The first kappa shape index (κ1) is 37.6. The Bertz CT molecular complexity index is 1320. The van der Waals surface area contributed by atoms with Crippen LogP contribution in [0.25, 0.3) is 11.1 Å². The normalized spacial score (nSPS) is 12.0. The molecule has 1 atom stereocenters. The highest BCUT2D eigenvalue weighted by atomic mass is 19.4. The maximum absolute atomic E-state index is 13.8. The van der Waals surface area contributed by atoms with E-state index in [0.717, 1.165) is 42.6 Å². The summed E-state index contributed by atoms with van der Waals surface area (Å²) in [5.74, 6) is -2.61. The van der Waals surface area contributed by atoms with Gasteiger partial charge in [0.15, 0.2) is 0 Å². The summed E-state index contributed by atoms with van der Waals surface area (Å²) in [5, 5.41) is 0. The summed E-state index contributed by atoms with van der Waals surface area (Å²) >= 11 is 0. The molecule has 0 bridgehead atoms. The van der Waals surface area contributed by atoms with Crippen LogP contribution >= 0.6 is 0 Å². The molecule has 0 amide bonds. The summed E-state index contributed by atoms with van der Waals surface area (Å²) in [6.07, 6.45) is 8.05. The predicted octanol–water partition coefficient (Wildman–Crippen LogP) is 11.3. The number of carbonyl (C=O) groups is 2. The zero-order valence-corrected chi connectivity index (χ0v) is 27.8. The number of hydrogen-bond donors (Lipinski definition) is 0. The Morgan fingerprint density at radius 3 is 1.68 bits per heavy atom. The first-order valence-electron chi connectivity index (χ1n) is 17.1. The number of halogens is 3. The van der Waals surface area contributed by atoms with E-state index in [-0.39, 0.29) is 17.9 Å². The molecule has 0 heterocycles. The van der Waals surface area contributed by atoms with Crippen molar-refractivity contribution < 1.29 is 37.0 Å². The number of benzene rings is 3. The van der Waals surface area contributed by atoms with Gasteiger partial charge < -0.3 is 14.2 Å². The molecule has 0 saturated carbocycles. The van der Waals surface area contributed by atoms with Crippen molar-refractivity contribution in [2.24, 2.45) is 0 Å². The summed E-state index contributed by atoms with van der Waals surface area (Å²) in [4.78, 5) is 24.8. The fraction of sp³-hybridized carbons (Fsp3) is 0.487. The third-order valence-electron chi connectivity index (χ3n) is 8.09. The van der Waals surface area contributed by atoms with E-state index in [9.17, 15) is 22.8 Å². The van der Waals surface area contributed by atoms with Gasteiger partial charge >= 0.3 is 18.1 Å². The minimum Gasteiger partial charge on any atom is -0.494 e. The number of esters is 2. The Balaban J connectivity index is 1.47. The van der Waals surface area contributed by atoms with Crippen molar-refractivity contribution in [1.29, 1.82) is 0 Å². The van der Waals surface area contributed by atoms with Crippen LogP contribution in [0.1, 0.15) is 119 Å². The van der Waals surface area contributed by atoms with Crippen LogP contribution < -0.4 is 9.47 Å². The average molecular weight is 655 g/mol.